The fourth-order valence-electron chi connectivity index (χ4n) is 6.74. The molecule has 6 heteroatoms. The zero-order chi connectivity index (χ0) is 35.1. The molecular formula is C45H40FIrN3O-2. The Bertz CT molecular complexity index is 2510. The van der Waals surface area contributed by atoms with Crippen LogP contribution >= 0.6 is 0 Å². The van der Waals surface area contributed by atoms with Crippen LogP contribution in [0, 0.1) is 44.6 Å². The maximum atomic E-state index is 14.7. The molecule has 0 amide bonds. The topological polar surface area (TPSA) is 51.8 Å². The maximum Gasteiger partial charge on any atom is 0.130 e. The summed E-state index contributed by atoms with van der Waals surface area (Å²) < 4.78 is 20.9. The van der Waals surface area contributed by atoms with E-state index >= 15 is 0 Å². The van der Waals surface area contributed by atoms with Crippen molar-refractivity contribution in [3.8, 4) is 22.5 Å². The number of nitrogens with zero attached hydrogens (tertiary/aromatic N) is 3. The molecule has 0 aliphatic rings. The van der Waals surface area contributed by atoms with Crippen molar-refractivity contribution in [2.45, 2.75) is 60.8 Å². The molecule has 259 valence electrons. The number of aryl methyl sites for hydroxylation is 3. The molecule has 0 saturated carbocycles. The number of fused-ring (bicyclic) bond motifs is 5. The third-order valence-corrected chi connectivity index (χ3v) is 9.00. The van der Waals surface area contributed by atoms with Gasteiger partial charge in [-0.2, -0.15) is 0 Å². The first-order valence-corrected chi connectivity index (χ1v) is 17.2. The van der Waals surface area contributed by atoms with Gasteiger partial charge in [-0.25, -0.2) is 9.37 Å². The van der Waals surface area contributed by atoms with Crippen molar-refractivity contribution < 1.29 is 28.9 Å². The number of para-hydroxylation sites is 1. The molecule has 3 aromatic heterocycles. The first-order chi connectivity index (χ1) is 24.0. The Balaban J connectivity index is 0.000000181. The largest absolute Gasteiger partial charge is 0.501 e. The van der Waals surface area contributed by atoms with Gasteiger partial charge < -0.3 is 9.40 Å². The molecule has 4 nitrogen and oxygen atoms in total. The van der Waals surface area contributed by atoms with Gasteiger partial charge in [0, 0.05) is 36.6 Å². The van der Waals surface area contributed by atoms with Gasteiger partial charge >= 0.3 is 0 Å². The van der Waals surface area contributed by atoms with E-state index in [1.165, 1.54) is 17.2 Å². The zero-order valence-electron chi connectivity index (χ0n) is 30.0. The average molecular weight is 850 g/mol. The second kappa shape index (κ2) is 14.8. The standard InChI is InChI=1S/C26H21FNO.C19H19N2.Ir/c1-15(2)11-17-14-20-19(8-6-9-23(20)27)25(28-17)22-13-16(3)12-21-18-7-4-5-10-24(18)29-26(21)22;1-12(2)15-5-6-17-18(10-15)20-11-21-19(17)16-8-13(3)7-14(4)9-16;/h4-10,12,14-15H,11H2,1-3H3;5-8,10-12H,1-4H3;/q2*-1;. The van der Waals surface area contributed by atoms with Gasteiger partial charge in [0.25, 0.3) is 0 Å². The van der Waals surface area contributed by atoms with Gasteiger partial charge in [-0.3, -0.25) is 4.98 Å². The van der Waals surface area contributed by atoms with Crippen molar-refractivity contribution in [2.24, 2.45) is 5.92 Å². The Hall–Kier alpha value is -4.77. The molecule has 0 bridgehead atoms. The molecule has 3 heterocycles. The summed E-state index contributed by atoms with van der Waals surface area (Å²) >= 11 is 0. The molecule has 0 aliphatic carbocycles. The van der Waals surface area contributed by atoms with Crippen molar-refractivity contribution in [3.05, 3.63) is 137 Å². The minimum atomic E-state index is -0.232. The van der Waals surface area contributed by atoms with E-state index in [9.17, 15) is 4.39 Å². The zero-order valence-corrected chi connectivity index (χ0v) is 32.4. The predicted molar refractivity (Wildman–Crippen MR) is 204 cm³/mol. The third kappa shape index (κ3) is 7.35. The normalized spacial score (nSPS) is 11.4. The Morgan fingerprint density at radius 1 is 0.706 bits per heavy atom. The minimum Gasteiger partial charge on any atom is -0.501 e. The summed E-state index contributed by atoms with van der Waals surface area (Å²) in [6.45, 7) is 14.9. The second-order valence-electron chi connectivity index (χ2n) is 14.0. The smallest absolute Gasteiger partial charge is 0.130 e. The maximum absolute atomic E-state index is 14.7. The van der Waals surface area contributed by atoms with Crippen LogP contribution in [0.4, 0.5) is 4.39 Å². The predicted octanol–water partition coefficient (Wildman–Crippen LogP) is 12.1. The number of rotatable bonds is 5. The molecule has 8 rings (SSSR count). The van der Waals surface area contributed by atoms with E-state index in [0.717, 1.165) is 84.0 Å². The van der Waals surface area contributed by atoms with Gasteiger partial charge in [0.05, 0.1) is 11.1 Å². The van der Waals surface area contributed by atoms with Crippen LogP contribution in [0.25, 0.3) is 66.1 Å². The molecule has 8 aromatic rings. The second-order valence-corrected chi connectivity index (χ2v) is 14.0. The van der Waals surface area contributed by atoms with E-state index in [4.69, 9.17) is 9.40 Å². The van der Waals surface area contributed by atoms with Crippen LogP contribution in [0.1, 0.15) is 61.6 Å². The summed E-state index contributed by atoms with van der Waals surface area (Å²) in [5.41, 5.74) is 11.6. The summed E-state index contributed by atoms with van der Waals surface area (Å²) in [7, 11) is 0. The van der Waals surface area contributed by atoms with Gasteiger partial charge in [-0.15, -0.1) is 52.6 Å². The van der Waals surface area contributed by atoms with Crippen molar-refractivity contribution in [1.82, 2.24) is 15.0 Å². The molecule has 0 aliphatic heterocycles. The summed E-state index contributed by atoms with van der Waals surface area (Å²) in [6, 6.07) is 34.7. The number of hydrogen-bond acceptors (Lipinski definition) is 4. The fourth-order valence-corrected chi connectivity index (χ4v) is 6.74. The molecule has 5 aromatic carbocycles. The molecule has 0 spiro atoms. The van der Waals surface area contributed by atoms with Gasteiger partial charge in [-0.1, -0.05) is 102 Å². The quantitative estimate of drug-likeness (QED) is 0.162. The Morgan fingerprint density at radius 2 is 1.47 bits per heavy atom. The Morgan fingerprint density at radius 3 is 2.24 bits per heavy atom. The van der Waals surface area contributed by atoms with Gasteiger partial charge in [0.1, 0.15) is 17.7 Å². The average Bonchev–Trinajstić information content (AvgIpc) is 3.45. The molecule has 0 N–H and O–H groups in total. The summed E-state index contributed by atoms with van der Waals surface area (Å²) in [6.07, 6.45) is 2.43. The van der Waals surface area contributed by atoms with Crippen molar-refractivity contribution in [3.63, 3.8) is 0 Å². The van der Waals surface area contributed by atoms with E-state index in [-0.39, 0.29) is 25.9 Å². The van der Waals surface area contributed by atoms with Crippen molar-refractivity contribution in [2.75, 3.05) is 0 Å². The summed E-state index contributed by atoms with van der Waals surface area (Å²) in [4.78, 5) is 13.9. The molecule has 0 atom stereocenters. The van der Waals surface area contributed by atoms with E-state index in [2.05, 4.69) is 106 Å². The van der Waals surface area contributed by atoms with Gasteiger partial charge in [0.15, 0.2) is 0 Å². The SMILES string of the molecule is Cc1[c-]c(-c2nc(CC(C)C)cc3c(F)cccc23)c2oc3ccccc3c2c1.Cc1[c-]c(-c2ncnc3cc(C(C)C)ccc23)cc(C)c1.[Ir]. The first-order valence-electron chi connectivity index (χ1n) is 17.2. The van der Waals surface area contributed by atoms with Crippen LogP contribution in [0.15, 0.2) is 95.7 Å². The first kappa shape index (κ1) is 36.0. The molecule has 0 fully saturated rings. The van der Waals surface area contributed by atoms with Crippen molar-refractivity contribution >= 4 is 43.6 Å². The number of aromatic nitrogens is 3. The number of hydrogen-bond donors (Lipinski definition) is 0. The molecule has 0 saturated heterocycles. The van der Waals surface area contributed by atoms with Crippen LogP contribution in [0.5, 0.6) is 0 Å². The fraction of sp³-hybridized carbons (Fsp3) is 0.222. The van der Waals surface area contributed by atoms with Crippen LogP contribution in [0.3, 0.4) is 0 Å². The van der Waals surface area contributed by atoms with Gasteiger partial charge in [0.2, 0.25) is 0 Å². The number of furan rings is 1. The summed E-state index contributed by atoms with van der Waals surface area (Å²) in [5, 5.41) is 4.55. The van der Waals surface area contributed by atoms with Crippen LogP contribution in [-0.4, -0.2) is 15.0 Å². The van der Waals surface area contributed by atoms with Crippen LogP contribution in [-0.2, 0) is 26.5 Å². The molecule has 1 radical (unpaired) electrons. The number of benzene rings is 5. The van der Waals surface area contributed by atoms with Gasteiger partial charge in [-0.05, 0) is 70.2 Å². The Labute approximate surface area is 312 Å². The molecular weight excluding hydrogens is 810 g/mol. The monoisotopic (exact) mass is 850 g/mol. The van der Waals surface area contributed by atoms with E-state index < -0.39 is 0 Å². The van der Waals surface area contributed by atoms with E-state index in [0.29, 0.717) is 17.2 Å². The van der Waals surface area contributed by atoms with Crippen molar-refractivity contribution in [1.29, 1.82) is 0 Å². The number of halogens is 1. The minimum absolute atomic E-state index is 0. The third-order valence-electron chi connectivity index (χ3n) is 9.00. The molecule has 51 heavy (non-hydrogen) atoms. The van der Waals surface area contributed by atoms with Crippen LogP contribution < -0.4 is 0 Å². The van der Waals surface area contributed by atoms with E-state index in [1.807, 2.05) is 37.3 Å². The van der Waals surface area contributed by atoms with E-state index in [1.54, 1.807) is 12.4 Å². The Kier molecular flexibility index (Phi) is 10.5. The molecule has 0 unspecified atom stereocenters. The summed E-state index contributed by atoms with van der Waals surface area (Å²) in [5.74, 6) is 0.692. The van der Waals surface area contributed by atoms with Crippen LogP contribution in [0.2, 0.25) is 0 Å². The number of pyridine rings is 1.